The molecule has 0 unspecified atom stereocenters. The van der Waals surface area contributed by atoms with Crippen LogP contribution in [0.5, 0.6) is 0 Å². The Bertz CT molecular complexity index is 572. The number of hydrogen-bond acceptors (Lipinski definition) is 3. The van der Waals surface area contributed by atoms with Crippen molar-refractivity contribution >= 4 is 32.9 Å². The highest BCUT2D eigenvalue weighted by atomic mass is 79.9. The third-order valence-corrected chi connectivity index (χ3v) is 3.21. The summed E-state index contributed by atoms with van der Waals surface area (Å²) in [5, 5.41) is 0.989. The van der Waals surface area contributed by atoms with Crippen LogP contribution in [0, 0.1) is 0 Å². The third-order valence-electron chi connectivity index (χ3n) is 2.72. The number of ether oxygens (including phenoxy) is 1. The number of halogens is 1. The van der Waals surface area contributed by atoms with E-state index in [4.69, 9.17) is 9.15 Å². The van der Waals surface area contributed by atoms with E-state index < -0.39 is 0 Å². The summed E-state index contributed by atoms with van der Waals surface area (Å²) in [7, 11) is 0. The van der Waals surface area contributed by atoms with Gasteiger partial charge in [-0.25, -0.2) is 4.79 Å². The monoisotopic (exact) mass is 310 g/mol. The largest absolute Gasteiger partial charge is 0.460 e. The Hall–Kier alpha value is -1.29. The molecule has 0 bridgehead atoms. The normalized spacial score (nSPS) is 10.8. The molecule has 0 saturated carbocycles. The molecule has 0 aliphatic carbocycles. The summed E-state index contributed by atoms with van der Waals surface area (Å²) in [5.41, 5.74) is 1.66. The number of fused-ring (bicyclic) bond motifs is 1. The molecule has 2 aromatic rings. The summed E-state index contributed by atoms with van der Waals surface area (Å²) >= 11 is 3.40. The first-order valence-electron chi connectivity index (χ1n) is 6.05. The zero-order chi connectivity index (χ0) is 13.1. The molecule has 2 rings (SSSR count). The highest BCUT2D eigenvalue weighted by Crippen LogP contribution is 2.30. The number of aryl methyl sites for hydroxylation is 1. The Kier molecular flexibility index (Phi) is 4.07. The van der Waals surface area contributed by atoms with E-state index >= 15 is 0 Å². The van der Waals surface area contributed by atoms with Gasteiger partial charge >= 0.3 is 5.97 Å². The number of hydrogen-bond donors (Lipinski definition) is 0. The van der Waals surface area contributed by atoms with Crippen molar-refractivity contribution in [1.82, 2.24) is 0 Å². The van der Waals surface area contributed by atoms with Crippen LogP contribution in [0.4, 0.5) is 0 Å². The van der Waals surface area contributed by atoms with E-state index in [9.17, 15) is 4.79 Å². The smallest absolute Gasteiger partial charge is 0.374 e. The van der Waals surface area contributed by atoms with Crippen LogP contribution in [0.2, 0.25) is 0 Å². The van der Waals surface area contributed by atoms with Gasteiger partial charge in [0.05, 0.1) is 6.61 Å². The van der Waals surface area contributed by atoms with Gasteiger partial charge in [-0.3, -0.25) is 0 Å². The number of rotatable bonds is 4. The fourth-order valence-electron chi connectivity index (χ4n) is 1.98. The first-order valence-corrected chi connectivity index (χ1v) is 6.84. The van der Waals surface area contributed by atoms with E-state index in [1.165, 1.54) is 0 Å². The lowest BCUT2D eigenvalue weighted by molar-refractivity contribution is 0.0491. The van der Waals surface area contributed by atoms with Gasteiger partial charge < -0.3 is 9.15 Å². The average Bonchev–Trinajstić information content (AvgIpc) is 2.68. The summed E-state index contributed by atoms with van der Waals surface area (Å²) in [6.07, 6.45) is 1.76. The topological polar surface area (TPSA) is 39.4 Å². The van der Waals surface area contributed by atoms with Crippen LogP contribution >= 0.6 is 15.9 Å². The molecule has 4 heteroatoms. The lowest BCUT2D eigenvalue weighted by Crippen LogP contribution is -2.06. The lowest BCUT2D eigenvalue weighted by Gasteiger charge is -2.01. The number of carbonyl (C=O) groups excluding carboxylic acids is 1. The van der Waals surface area contributed by atoms with E-state index in [1.54, 1.807) is 6.92 Å². The first-order chi connectivity index (χ1) is 8.67. The van der Waals surface area contributed by atoms with E-state index in [-0.39, 0.29) is 5.97 Å². The van der Waals surface area contributed by atoms with Crippen LogP contribution in [-0.2, 0) is 11.2 Å². The fourth-order valence-corrected chi connectivity index (χ4v) is 2.32. The highest BCUT2D eigenvalue weighted by molar-refractivity contribution is 9.10. The molecule has 0 N–H and O–H groups in total. The number of esters is 1. The van der Waals surface area contributed by atoms with Gasteiger partial charge in [-0.15, -0.1) is 0 Å². The Morgan fingerprint density at radius 3 is 2.83 bits per heavy atom. The zero-order valence-corrected chi connectivity index (χ0v) is 12.0. The Balaban J connectivity index is 2.56. The van der Waals surface area contributed by atoms with Crippen molar-refractivity contribution in [2.24, 2.45) is 0 Å². The Morgan fingerprint density at radius 2 is 2.17 bits per heavy atom. The molecule has 1 aromatic carbocycles. The summed E-state index contributed by atoms with van der Waals surface area (Å²) in [5.74, 6) is -0.0416. The second-order valence-electron chi connectivity index (χ2n) is 4.02. The molecule has 0 aliphatic rings. The van der Waals surface area contributed by atoms with Crippen LogP contribution in [0.3, 0.4) is 0 Å². The summed E-state index contributed by atoms with van der Waals surface area (Å²) < 4.78 is 11.6. The third kappa shape index (κ3) is 2.43. The summed E-state index contributed by atoms with van der Waals surface area (Å²) in [6, 6.07) is 5.79. The Labute approximate surface area is 114 Å². The molecule has 1 aromatic heterocycles. The zero-order valence-electron chi connectivity index (χ0n) is 10.5. The molecule has 0 radical (unpaired) electrons. The van der Waals surface area contributed by atoms with Gasteiger partial charge in [0.1, 0.15) is 5.58 Å². The Morgan fingerprint density at radius 1 is 1.39 bits per heavy atom. The molecule has 0 atom stereocenters. The standard InChI is InChI=1S/C14H15BrO3/c1-3-5-11-10-7-6-9(15)8-12(10)18-13(11)14(16)17-4-2/h6-8H,3-5H2,1-2H3. The minimum Gasteiger partial charge on any atom is -0.460 e. The molecule has 3 nitrogen and oxygen atoms in total. The van der Waals surface area contributed by atoms with Gasteiger partial charge in [-0.05, 0) is 31.5 Å². The van der Waals surface area contributed by atoms with Gasteiger partial charge in [0.25, 0.3) is 0 Å². The van der Waals surface area contributed by atoms with Crippen molar-refractivity contribution in [3.05, 3.63) is 34.0 Å². The predicted molar refractivity (Wildman–Crippen MR) is 73.9 cm³/mol. The van der Waals surface area contributed by atoms with E-state index in [2.05, 4.69) is 22.9 Å². The molecule has 0 amide bonds. The van der Waals surface area contributed by atoms with Crippen molar-refractivity contribution in [2.45, 2.75) is 26.7 Å². The molecule has 0 spiro atoms. The maximum atomic E-state index is 11.9. The molecule has 0 fully saturated rings. The number of carbonyl (C=O) groups is 1. The van der Waals surface area contributed by atoms with E-state index in [0.717, 1.165) is 33.8 Å². The quantitative estimate of drug-likeness (QED) is 0.789. The highest BCUT2D eigenvalue weighted by Gasteiger charge is 2.20. The van der Waals surface area contributed by atoms with Crippen molar-refractivity contribution in [1.29, 1.82) is 0 Å². The maximum absolute atomic E-state index is 11.9. The second kappa shape index (κ2) is 5.57. The van der Waals surface area contributed by atoms with Crippen LogP contribution in [0.1, 0.15) is 36.4 Å². The van der Waals surface area contributed by atoms with Crippen molar-refractivity contribution in [3.8, 4) is 0 Å². The van der Waals surface area contributed by atoms with E-state index in [0.29, 0.717) is 12.4 Å². The summed E-state index contributed by atoms with van der Waals surface area (Å²) in [4.78, 5) is 11.9. The lowest BCUT2D eigenvalue weighted by atomic mass is 10.1. The van der Waals surface area contributed by atoms with Gasteiger partial charge in [-0.1, -0.05) is 29.3 Å². The molecule has 0 aliphatic heterocycles. The minimum atomic E-state index is -0.381. The number of benzene rings is 1. The summed E-state index contributed by atoms with van der Waals surface area (Å²) in [6.45, 7) is 4.22. The van der Waals surface area contributed by atoms with Crippen molar-refractivity contribution in [3.63, 3.8) is 0 Å². The van der Waals surface area contributed by atoms with Crippen LogP contribution in [0.25, 0.3) is 11.0 Å². The second-order valence-corrected chi connectivity index (χ2v) is 4.94. The van der Waals surface area contributed by atoms with Gasteiger partial charge in [0.15, 0.2) is 0 Å². The van der Waals surface area contributed by atoms with Crippen LogP contribution < -0.4 is 0 Å². The van der Waals surface area contributed by atoms with Gasteiger partial charge in [0, 0.05) is 15.4 Å². The predicted octanol–water partition coefficient (Wildman–Crippen LogP) is 4.32. The SMILES string of the molecule is CCCc1c(C(=O)OCC)oc2cc(Br)ccc12. The molecule has 96 valence electrons. The van der Waals surface area contributed by atoms with Crippen molar-refractivity contribution in [2.75, 3.05) is 6.61 Å². The molecule has 1 heterocycles. The van der Waals surface area contributed by atoms with Crippen LogP contribution in [-0.4, -0.2) is 12.6 Å². The average molecular weight is 311 g/mol. The van der Waals surface area contributed by atoms with Gasteiger partial charge in [0.2, 0.25) is 5.76 Å². The van der Waals surface area contributed by atoms with Crippen LogP contribution in [0.15, 0.2) is 27.1 Å². The molecule has 18 heavy (non-hydrogen) atoms. The molecule has 0 saturated heterocycles. The van der Waals surface area contributed by atoms with Crippen molar-refractivity contribution < 1.29 is 13.9 Å². The number of furan rings is 1. The minimum absolute atomic E-state index is 0.340. The molecular weight excluding hydrogens is 296 g/mol. The fraction of sp³-hybridized carbons (Fsp3) is 0.357. The molecular formula is C14H15BrO3. The first kappa shape index (κ1) is 13.1. The van der Waals surface area contributed by atoms with Gasteiger partial charge in [-0.2, -0.15) is 0 Å². The van der Waals surface area contributed by atoms with E-state index in [1.807, 2.05) is 18.2 Å². The maximum Gasteiger partial charge on any atom is 0.374 e.